The third kappa shape index (κ3) is 3.31. The molecule has 0 fully saturated rings. The van der Waals surface area contributed by atoms with Gasteiger partial charge in [0.15, 0.2) is 11.6 Å². The van der Waals surface area contributed by atoms with Gasteiger partial charge in [-0.25, -0.2) is 13.5 Å². The summed E-state index contributed by atoms with van der Waals surface area (Å²) in [7, 11) is 0. The van der Waals surface area contributed by atoms with Crippen LogP contribution in [0.4, 0.5) is 14.5 Å². The molecule has 1 amide bonds. The van der Waals surface area contributed by atoms with Crippen molar-refractivity contribution in [1.82, 2.24) is 14.8 Å². The van der Waals surface area contributed by atoms with Gasteiger partial charge in [-0.1, -0.05) is 17.7 Å². The highest BCUT2D eigenvalue weighted by atomic mass is 19.2. The summed E-state index contributed by atoms with van der Waals surface area (Å²) in [5.74, 6) is -2.55. The highest BCUT2D eigenvalue weighted by Gasteiger charge is 2.15. The first-order valence-electron chi connectivity index (χ1n) is 9.77. The molecule has 0 saturated carbocycles. The largest absolute Gasteiger partial charge is 0.322 e. The number of hydrogen-bond acceptors (Lipinski definition) is 3. The van der Waals surface area contributed by atoms with Gasteiger partial charge in [-0.3, -0.25) is 19.7 Å². The number of aromatic nitrogens is 3. The maximum atomic E-state index is 13.4. The summed E-state index contributed by atoms with van der Waals surface area (Å²) in [6, 6.07) is 15.5. The van der Waals surface area contributed by atoms with E-state index in [1.807, 2.05) is 31.2 Å². The number of carbonyl (C=O) groups excluding carboxylic acids is 1. The molecule has 0 aliphatic carbocycles. The summed E-state index contributed by atoms with van der Waals surface area (Å²) >= 11 is 0. The summed E-state index contributed by atoms with van der Waals surface area (Å²) in [4.78, 5) is 30.0. The zero-order valence-electron chi connectivity index (χ0n) is 16.8. The minimum absolute atomic E-state index is 0.129. The minimum atomic E-state index is -1.05. The summed E-state index contributed by atoms with van der Waals surface area (Å²) in [5.41, 5.74) is 3.04. The van der Waals surface area contributed by atoms with Crippen LogP contribution in [0.1, 0.15) is 15.9 Å². The van der Waals surface area contributed by atoms with Crippen molar-refractivity contribution in [1.29, 1.82) is 0 Å². The normalized spacial score (nSPS) is 11.2. The third-order valence-corrected chi connectivity index (χ3v) is 5.26. The number of fused-ring (bicyclic) bond motifs is 3. The molecule has 3 aromatic carbocycles. The number of rotatable bonds is 3. The molecule has 0 aliphatic rings. The van der Waals surface area contributed by atoms with Crippen LogP contribution in [0.5, 0.6) is 0 Å². The molecule has 0 bridgehead atoms. The number of carbonyl (C=O) groups is 1. The Kier molecular flexibility index (Phi) is 4.55. The monoisotopic (exact) mass is 430 g/mol. The second-order valence-corrected chi connectivity index (χ2v) is 7.45. The molecule has 6 nitrogen and oxygen atoms in total. The van der Waals surface area contributed by atoms with E-state index in [2.05, 4.69) is 15.4 Å². The fraction of sp³-hybridized carbons (Fsp3) is 0.0417. The Bertz CT molecular complexity index is 1570. The molecule has 8 heteroatoms. The van der Waals surface area contributed by atoms with Crippen molar-refractivity contribution in [2.45, 2.75) is 6.92 Å². The Morgan fingerprint density at radius 3 is 2.50 bits per heavy atom. The summed E-state index contributed by atoms with van der Waals surface area (Å²) in [5, 5.41) is 6.63. The van der Waals surface area contributed by atoms with E-state index in [1.54, 1.807) is 18.2 Å². The van der Waals surface area contributed by atoms with Crippen molar-refractivity contribution in [2.75, 3.05) is 5.32 Å². The molecule has 158 valence electrons. The Morgan fingerprint density at radius 2 is 1.75 bits per heavy atom. The van der Waals surface area contributed by atoms with Crippen LogP contribution in [0.2, 0.25) is 0 Å². The summed E-state index contributed by atoms with van der Waals surface area (Å²) in [6.45, 7) is 1.96. The SMILES string of the molecule is Cc1ccc(-n2[nH]c3c(cnc4ccc(C(=O)Nc5ccc(F)c(F)c5)cc43)c2=O)cc1. The van der Waals surface area contributed by atoms with Crippen LogP contribution in [0, 0.1) is 18.6 Å². The van der Waals surface area contributed by atoms with E-state index in [0.717, 1.165) is 17.7 Å². The fourth-order valence-corrected chi connectivity index (χ4v) is 3.55. The number of aromatic amines is 1. The second kappa shape index (κ2) is 7.42. The van der Waals surface area contributed by atoms with E-state index < -0.39 is 17.5 Å². The predicted molar refractivity (Wildman–Crippen MR) is 118 cm³/mol. The smallest absolute Gasteiger partial charge is 0.280 e. The average Bonchev–Trinajstić information content (AvgIpc) is 3.13. The summed E-state index contributed by atoms with van der Waals surface area (Å²) < 4.78 is 28.0. The molecule has 0 unspecified atom stereocenters. The van der Waals surface area contributed by atoms with Gasteiger partial charge in [-0.2, -0.15) is 0 Å². The molecule has 32 heavy (non-hydrogen) atoms. The van der Waals surface area contributed by atoms with Crippen LogP contribution < -0.4 is 10.9 Å². The molecular weight excluding hydrogens is 414 g/mol. The molecule has 0 atom stereocenters. The first-order valence-corrected chi connectivity index (χ1v) is 9.77. The predicted octanol–water partition coefficient (Wildman–Crippen LogP) is 4.71. The molecule has 5 rings (SSSR count). The molecule has 2 aromatic heterocycles. The van der Waals surface area contributed by atoms with E-state index in [-0.39, 0.29) is 16.8 Å². The van der Waals surface area contributed by atoms with E-state index in [0.29, 0.717) is 27.5 Å². The Labute approximate surface area is 180 Å². The number of benzene rings is 3. The van der Waals surface area contributed by atoms with Gasteiger partial charge in [0.05, 0.1) is 22.1 Å². The van der Waals surface area contributed by atoms with Crippen LogP contribution >= 0.6 is 0 Å². The van der Waals surface area contributed by atoms with Crippen LogP contribution in [0.3, 0.4) is 0 Å². The molecule has 2 heterocycles. The second-order valence-electron chi connectivity index (χ2n) is 7.45. The van der Waals surface area contributed by atoms with Crippen molar-refractivity contribution < 1.29 is 13.6 Å². The highest BCUT2D eigenvalue weighted by Crippen LogP contribution is 2.23. The topological polar surface area (TPSA) is 79.8 Å². The molecule has 0 saturated heterocycles. The summed E-state index contributed by atoms with van der Waals surface area (Å²) in [6.07, 6.45) is 1.50. The van der Waals surface area contributed by atoms with Gasteiger partial charge < -0.3 is 5.32 Å². The number of pyridine rings is 1. The molecule has 0 radical (unpaired) electrons. The van der Waals surface area contributed by atoms with E-state index in [4.69, 9.17) is 0 Å². The maximum Gasteiger partial charge on any atom is 0.280 e. The Morgan fingerprint density at radius 1 is 0.969 bits per heavy atom. The van der Waals surface area contributed by atoms with Crippen LogP contribution in [-0.4, -0.2) is 20.7 Å². The Balaban J connectivity index is 1.59. The first-order chi connectivity index (χ1) is 15.4. The zero-order valence-corrected chi connectivity index (χ0v) is 16.8. The lowest BCUT2D eigenvalue weighted by molar-refractivity contribution is 0.102. The number of anilines is 1. The Hall–Kier alpha value is -4.33. The lowest BCUT2D eigenvalue weighted by atomic mass is 10.1. The van der Waals surface area contributed by atoms with Crippen molar-refractivity contribution >= 4 is 33.4 Å². The third-order valence-electron chi connectivity index (χ3n) is 5.26. The van der Waals surface area contributed by atoms with Crippen molar-refractivity contribution in [3.63, 3.8) is 0 Å². The molecular formula is C24H16F2N4O2. The molecule has 0 spiro atoms. The zero-order chi connectivity index (χ0) is 22.4. The van der Waals surface area contributed by atoms with Crippen LogP contribution in [0.15, 0.2) is 71.7 Å². The first kappa shape index (κ1) is 19.6. The van der Waals surface area contributed by atoms with Gasteiger partial charge in [0.2, 0.25) is 0 Å². The van der Waals surface area contributed by atoms with E-state index >= 15 is 0 Å². The van der Waals surface area contributed by atoms with Crippen LogP contribution in [-0.2, 0) is 0 Å². The molecule has 0 aliphatic heterocycles. The number of hydrogen-bond donors (Lipinski definition) is 2. The van der Waals surface area contributed by atoms with Gasteiger partial charge in [-0.15, -0.1) is 0 Å². The van der Waals surface area contributed by atoms with Gasteiger partial charge >= 0.3 is 0 Å². The van der Waals surface area contributed by atoms with E-state index in [9.17, 15) is 18.4 Å². The molecule has 5 aromatic rings. The molecule has 2 N–H and O–H groups in total. The minimum Gasteiger partial charge on any atom is -0.322 e. The number of aryl methyl sites for hydroxylation is 1. The lowest BCUT2D eigenvalue weighted by Crippen LogP contribution is -2.14. The van der Waals surface area contributed by atoms with Gasteiger partial charge in [0.25, 0.3) is 11.5 Å². The number of nitrogens with one attached hydrogen (secondary N) is 2. The van der Waals surface area contributed by atoms with Crippen molar-refractivity contribution in [3.05, 3.63) is 100.0 Å². The van der Waals surface area contributed by atoms with Crippen molar-refractivity contribution in [3.8, 4) is 5.69 Å². The number of nitrogens with zero attached hydrogens (tertiary/aromatic N) is 2. The van der Waals surface area contributed by atoms with E-state index in [1.165, 1.54) is 16.9 Å². The number of amides is 1. The lowest BCUT2D eigenvalue weighted by Gasteiger charge is -2.07. The van der Waals surface area contributed by atoms with Gasteiger partial charge in [-0.05, 0) is 49.4 Å². The van der Waals surface area contributed by atoms with Crippen molar-refractivity contribution in [2.24, 2.45) is 0 Å². The average molecular weight is 430 g/mol. The standard InChI is InChI=1S/C24H16F2N4O2/c1-13-2-6-16(7-3-13)30-24(32)18-12-27-21-9-4-14(10-17(21)22(18)29-30)23(31)28-15-5-8-19(25)20(26)11-15/h2-12,29H,1H3,(H,28,31). The number of halogens is 2. The maximum absolute atomic E-state index is 13.4. The fourth-order valence-electron chi connectivity index (χ4n) is 3.55. The quantitative estimate of drug-likeness (QED) is 0.435. The van der Waals surface area contributed by atoms with Gasteiger partial charge in [0, 0.05) is 28.9 Å². The number of H-pyrrole nitrogens is 1. The van der Waals surface area contributed by atoms with Gasteiger partial charge in [0.1, 0.15) is 0 Å². The van der Waals surface area contributed by atoms with Crippen LogP contribution in [0.25, 0.3) is 27.5 Å². The highest BCUT2D eigenvalue weighted by molar-refractivity contribution is 6.10.